The summed E-state index contributed by atoms with van der Waals surface area (Å²) in [7, 11) is 1.74. The maximum atomic E-state index is 10.6. The molecule has 2 aromatic rings. The Balaban J connectivity index is 1.62. The van der Waals surface area contributed by atoms with Gasteiger partial charge >= 0.3 is 0 Å². The molecule has 0 amide bonds. The van der Waals surface area contributed by atoms with Gasteiger partial charge in [0.1, 0.15) is 0 Å². The lowest BCUT2D eigenvalue weighted by Gasteiger charge is -2.13. The van der Waals surface area contributed by atoms with E-state index in [0.29, 0.717) is 13.1 Å². The van der Waals surface area contributed by atoms with E-state index in [4.69, 9.17) is 0 Å². The van der Waals surface area contributed by atoms with E-state index in [1.807, 2.05) is 11.6 Å². The van der Waals surface area contributed by atoms with E-state index in [9.17, 15) is 10.1 Å². The number of rotatable bonds is 9. The monoisotopic (exact) mass is 373 g/mol. The maximum Gasteiger partial charge on any atom is 0.269 e. The van der Waals surface area contributed by atoms with Crippen molar-refractivity contribution >= 4 is 17.3 Å². The van der Waals surface area contributed by atoms with E-state index < -0.39 is 4.92 Å². The molecule has 0 unspecified atom stereocenters. The summed E-state index contributed by atoms with van der Waals surface area (Å²) in [4.78, 5) is 14.4. The third kappa shape index (κ3) is 6.61. The molecule has 1 heterocycles. The zero-order chi connectivity index (χ0) is 19.6. The number of benzene rings is 1. The number of non-ortho nitro benzene ring substituents is 1. The predicted octanol–water partition coefficient (Wildman–Crippen LogP) is 2.08. The number of guanidine groups is 1. The Morgan fingerprint density at radius 3 is 2.48 bits per heavy atom. The summed E-state index contributed by atoms with van der Waals surface area (Å²) < 4.78 is 2.02. The Kier molecular flexibility index (Phi) is 7.60. The number of anilines is 1. The van der Waals surface area contributed by atoms with Gasteiger partial charge in [-0.1, -0.05) is 0 Å². The summed E-state index contributed by atoms with van der Waals surface area (Å²) in [5, 5.41) is 24.8. The van der Waals surface area contributed by atoms with Crippen molar-refractivity contribution in [1.29, 1.82) is 0 Å². The van der Waals surface area contributed by atoms with Crippen molar-refractivity contribution in [2.75, 3.05) is 32.0 Å². The molecule has 0 aliphatic carbocycles. The zero-order valence-electron chi connectivity index (χ0n) is 16.0. The molecule has 0 fully saturated rings. The molecule has 0 radical (unpaired) electrons. The van der Waals surface area contributed by atoms with Crippen molar-refractivity contribution < 1.29 is 4.92 Å². The van der Waals surface area contributed by atoms with Crippen LogP contribution in [-0.2, 0) is 6.54 Å². The summed E-state index contributed by atoms with van der Waals surface area (Å²) in [6.07, 6.45) is 0.948. The molecule has 2 rings (SSSR count). The van der Waals surface area contributed by atoms with Gasteiger partial charge in [-0.3, -0.25) is 19.8 Å². The van der Waals surface area contributed by atoms with E-state index in [-0.39, 0.29) is 5.69 Å². The first-order valence-electron chi connectivity index (χ1n) is 8.93. The third-order valence-corrected chi connectivity index (χ3v) is 3.99. The van der Waals surface area contributed by atoms with E-state index >= 15 is 0 Å². The summed E-state index contributed by atoms with van der Waals surface area (Å²) in [5.41, 5.74) is 3.14. The lowest BCUT2D eigenvalue weighted by Crippen LogP contribution is -2.40. The van der Waals surface area contributed by atoms with Gasteiger partial charge in [0.25, 0.3) is 5.69 Å². The quantitative estimate of drug-likeness (QED) is 0.204. The fourth-order valence-electron chi connectivity index (χ4n) is 2.65. The van der Waals surface area contributed by atoms with Crippen LogP contribution in [0, 0.1) is 24.0 Å². The van der Waals surface area contributed by atoms with E-state index in [2.05, 4.69) is 39.0 Å². The second-order valence-electron chi connectivity index (χ2n) is 6.16. The minimum absolute atomic E-state index is 0.0868. The summed E-state index contributed by atoms with van der Waals surface area (Å²) in [6.45, 7) is 7.07. The SMILES string of the molecule is CN=C(NCCCn1nc(C)cc1C)NCCNc1ccc([N+](=O)[O-])cc1. The second kappa shape index (κ2) is 10.1. The summed E-state index contributed by atoms with van der Waals surface area (Å²) in [5.74, 6) is 0.744. The molecule has 0 saturated carbocycles. The number of aliphatic imine (C=N–C) groups is 1. The Morgan fingerprint density at radius 2 is 1.89 bits per heavy atom. The van der Waals surface area contributed by atoms with Crippen LogP contribution in [0.3, 0.4) is 0 Å². The zero-order valence-corrected chi connectivity index (χ0v) is 16.0. The Hall–Kier alpha value is -3.10. The van der Waals surface area contributed by atoms with Gasteiger partial charge in [-0.2, -0.15) is 5.10 Å². The molecule has 0 atom stereocenters. The van der Waals surface area contributed by atoms with Crippen molar-refractivity contribution in [3.63, 3.8) is 0 Å². The standard InChI is InChI=1S/C18H27N7O2/c1-14-13-15(2)24(23-14)12-4-9-21-18(19-3)22-11-10-20-16-5-7-17(8-6-16)25(26)27/h5-8,13,20H,4,9-12H2,1-3H3,(H2,19,21,22). The van der Waals surface area contributed by atoms with Gasteiger partial charge < -0.3 is 16.0 Å². The first-order valence-corrected chi connectivity index (χ1v) is 8.93. The molecule has 0 aliphatic rings. The Bertz CT molecular complexity index is 769. The molecule has 0 aliphatic heterocycles. The molecule has 3 N–H and O–H groups in total. The number of hydrogen-bond acceptors (Lipinski definition) is 5. The predicted molar refractivity (Wildman–Crippen MR) is 107 cm³/mol. The molecule has 146 valence electrons. The average molecular weight is 373 g/mol. The number of nitro groups is 1. The number of nitro benzene ring substituents is 1. The number of nitrogens with one attached hydrogen (secondary N) is 3. The van der Waals surface area contributed by atoms with Crippen molar-refractivity contribution in [3.8, 4) is 0 Å². The summed E-state index contributed by atoms with van der Waals surface area (Å²) in [6, 6.07) is 8.44. The number of nitrogens with zero attached hydrogens (tertiary/aromatic N) is 4. The highest BCUT2D eigenvalue weighted by molar-refractivity contribution is 5.79. The number of aromatic nitrogens is 2. The van der Waals surface area contributed by atoms with Gasteiger partial charge in [-0.25, -0.2) is 0 Å². The molecule has 9 nitrogen and oxygen atoms in total. The molecule has 1 aromatic heterocycles. The topological polar surface area (TPSA) is 109 Å². The molecular weight excluding hydrogens is 346 g/mol. The fraction of sp³-hybridized carbons (Fsp3) is 0.444. The highest BCUT2D eigenvalue weighted by Gasteiger charge is 2.04. The molecule has 0 bridgehead atoms. The van der Waals surface area contributed by atoms with Crippen LogP contribution < -0.4 is 16.0 Å². The lowest BCUT2D eigenvalue weighted by atomic mass is 10.3. The van der Waals surface area contributed by atoms with Gasteiger partial charge in [0.2, 0.25) is 0 Å². The second-order valence-corrected chi connectivity index (χ2v) is 6.16. The fourth-order valence-corrected chi connectivity index (χ4v) is 2.65. The van der Waals surface area contributed by atoms with E-state index in [0.717, 1.165) is 36.9 Å². The first kappa shape index (κ1) is 20.2. The highest BCUT2D eigenvalue weighted by atomic mass is 16.6. The lowest BCUT2D eigenvalue weighted by molar-refractivity contribution is -0.384. The highest BCUT2D eigenvalue weighted by Crippen LogP contribution is 2.14. The normalized spacial score (nSPS) is 11.3. The number of hydrogen-bond donors (Lipinski definition) is 3. The molecule has 27 heavy (non-hydrogen) atoms. The maximum absolute atomic E-state index is 10.6. The Labute approximate surface area is 159 Å². The first-order chi connectivity index (χ1) is 13.0. The van der Waals surface area contributed by atoms with Crippen LogP contribution in [0.25, 0.3) is 0 Å². The van der Waals surface area contributed by atoms with Crippen LogP contribution in [0.15, 0.2) is 35.3 Å². The average Bonchev–Trinajstić information content (AvgIpc) is 2.98. The van der Waals surface area contributed by atoms with Gasteiger partial charge in [-0.15, -0.1) is 0 Å². The van der Waals surface area contributed by atoms with Gasteiger partial charge in [0.15, 0.2) is 5.96 Å². The molecule has 9 heteroatoms. The van der Waals surface area contributed by atoms with Gasteiger partial charge in [0.05, 0.1) is 10.6 Å². The van der Waals surface area contributed by atoms with Crippen molar-refractivity contribution in [2.45, 2.75) is 26.8 Å². The van der Waals surface area contributed by atoms with Crippen molar-refractivity contribution in [2.24, 2.45) is 4.99 Å². The van der Waals surface area contributed by atoms with Gasteiger partial charge in [0, 0.05) is 56.7 Å². The minimum Gasteiger partial charge on any atom is -0.383 e. The minimum atomic E-state index is -0.407. The van der Waals surface area contributed by atoms with Crippen LogP contribution >= 0.6 is 0 Å². The smallest absolute Gasteiger partial charge is 0.269 e. The number of aryl methyl sites for hydroxylation is 3. The van der Waals surface area contributed by atoms with Crippen LogP contribution in [-0.4, -0.2) is 47.3 Å². The molecule has 1 aromatic carbocycles. The van der Waals surface area contributed by atoms with Crippen LogP contribution in [0.2, 0.25) is 0 Å². The molecular formula is C18H27N7O2. The van der Waals surface area contributed by atoms with Gasteiger partial charge in [-0.05, 0) is 38.5 Å². The van der Waals surface area contributed by atoms with Crippen molar-refractivity contribution in [1.82, 2.24) is 20.4 Å². The third-order valence-electron chi connectivity index (χ3n) is 3.99. The largest absolute Gasteiger partial charge is 0.383 e. The van der Waals surface area contributed by atoms with E-state index in [1.165, 1.54) is 17.8 Å². The Morgan fingerprint density at radius 1 is 1.19 bits per heavy atom. The molecule has 0 spiro atoms. The summed E-state index contributed by atoms with van der Waals surface area (Å²) >= 11 is 0. The molecule has 0 saturated heterocycles. The van der Waals surface area contributed by atoms with Crippen LogP contribution in [0.1, 0.15) is 17.8 Å². The van der Waals surface area contributed by atoms with Crippen molar-refractivity contribution in [3.05, 3.63) is 51.8 Å². The van der Waals surface area contributed by atoms with Crippen LogP contribution in [0.4, 0.5) is 11.4 Å². The van der Waals surface area contributed by atoms with E-state index in [1.54, 1.807) is 19.2 Å². The van der Waals surface area contributed by atoms with Crippen LogP contribution in [0.5, 0.6) is 0 Å².